The van der Waals surface area contributed by atoms with E-state index in [0.29, 0.717) is 17.4 Å². The Kier molecular flexibility index (Phi) is 4.74. The van der Waals surface area contributed by atoms with Gasteiger partial charge in [0, 0.05) is 10.9 Å². The maximum Gasteiger partial charge on any atom is 0.0561 e. The van der Waals surface area contributed by atoms with Crippen LogP contribution in [-0.2, 0) is 0 Å². The zero-order valence-electron chi connectivity index (χ0n) is 11.6. The Morgan fingerprint density at radius 1 is 1.50 bits per heavy atom. The topological polar surface area (TPSA) is 12.0 Å². The van der Waals surface area contributed by atoms with E-state index in [1.165, 1.54) is 30.6 Å². The summed E-state index contributed by atoms with van der Waals surface area (Å²) in [6, 6.07) is 2.46. The van der Waals surface area contributed by atoms with Crippen molar-refractivity contribution in [1.29, 1.82) is 0 Å². The Morgan fingerprint density at radius 3 is 2.83 bits per heavy atom. The van der Waals surface area contributed by atoms with E-state index in [1.54, 1.807) is 11.3 Å². The van der Waals surface area contributed by atoms with Gasteiger partial charge in [0.2, 0.25) is 0 Å². The number of thiophene rings is 1. The molecule has 2 rings (SSSR count). The molecule has 18 heavy (non-hydrogen) atoms. The average molecular weight is 286 g/mol. The molecule has 0 aliphatic heterocycles. The Balaban J connectivity index is 2.27. The maximum atomic E-state index is 6.35. The highest BCUT2D eigenvalue weighted by atomic mass is 35.5. The smallest absolute Gasteiger partial charge is 0.0561 e. The fourth-order valence-corrected chi connectivity index (χ4v) is 4.62. The molecule has 0 spiro atoms. The molecule has 1 nitrogen and oxygen atoms in total. The Hall–Kier alpha value is -0.0500. The van der Waals surface area contributed by atoms with Gasteiger partial charge in [-0.2, -0.15) is 0 Å². The van der Waals surface area contributed by atoms with Crippen LogP contribution in [0.4, 0.5) is 0 Å². The number of hydrogen-bond acceptors (Lipinski definition) is 2. The first-order chi connectivity index (χ1) is 8.56. The third kappa shape index (κ3) is 2.92. The van der Waals surface area contributed by atoms with Crippen molar-refractivity contribution in [2.45, 2.75) is 52.5 Å². The number of nitrogens with one attached hydrogen (secondary N) is 1. The van der Waals surface area contributed by atoms with E-state index in [-0.39, 0.29) is 0 Å². The van der Waals surface area contributed by atoms with Gasteiger partial charge in [0.25, 0.3) is 0 Å². The number of rotatable bonds is 4. The minimum atomic E-state index is 0.415. The van der Waals surface area contributed by atoms with E-state index in [9.17, 15) is 0 Å². The predicted octanol–water partition coefficient (Wildman–Crippen LogP) is 5.27. The van der Waals surface area contributed by atoms with Crippen molar-refractivity contribution in [1.82, 2.24) is 5.32 Å². The van der Waals surface area contributed by atoms with Gasteiger partial charge >= 0.3 is 0 Å². The van der Waals surface area contributed by atoms with Crippen LogP contribution in [0.2, 0.25) is 5.02 Å². The van der Waals surface area contributed by atoms with Gasteiger partial charge in [0.1, 0.15) is 0 Å². The summed E-state index contributed by atoms with van der Waals surface area (Å²) in [7, 11) is 0. The van der Waals surface area contributed by atoms with Gasteiger partial charge in [-0.1, -0.05) is 45.2 Å². The molecule has 1 heterocycles. The molecule has 0 aromatic carbocycles. The molecule has 1 fully saturated rings. The van der Waals surface area contributed by atoms with Crippen LogP contribution in [0.15, 0.2) is 11.4 Å². The highest BCUT2D eigenvalue weighted by Gasteiger charge is 2.38. The lowest BCUT2D eigenvalue weighted by Gasteiger charge is -2.43. The minimum absolute atomic E-state index is 0.415. The van der Waals surface area contributed by atoms with Crippen molar-refractivity contribution >= 4 is 22.9 Å². The summed E-state index contributed by atoms with van der Waals surface area (Å²) in [5, 5.41) is 6.72. The molecule has 1 aromatic rings. The van der Waals surface area contributed by atoms with Crippen LogP contribution in [0.1, 0.15) is 57.4 Å². The Bertz CT molecular complexity index is 386. The van der Waals surface area contributed by atoms with Crippen molar-refractivity contribution < 1.29 is 0 Å². The van der Waals surface area contributed by atoms with Crippen molar-refractivity contribution in [2.24, 2.45) is 11.3 Å². The molecule has 102 valence electrons. The van der Waals surface area contributed by atoms with Gasteiger partial charge in [-0.3, -0.25) is 0 Å². The second kappa shape index (κ2) is 5.94. The lowest BCUT2D eigenvalue weighted by atomic mass is 9.65. The first-order valence-corrected chi connectivity index (χ1v) is 8.28. The molecule has 0 radical (unpaired) electrons. The van der Waals surface area contributed by atoms with Crippen molar-refractivity contribution in [3.05, 3.63) is 21.3 Å². The number of halogens is 1. The summed E-state index contributed by atoms with van der Waals surface area (Å²) in [4.78, 5) is 1.33. The van der Waals surface area contributed by atoms with E-state index in [4.69, 9.17) is 11.6 Å². The summed E-state index contributed by atoms with van der Waals surface area (Å²) < 4.78 is 0. The van der Waals surface area contributed by atoms with Crippen LogP contribution in [0.25, 0.3) is 0 Å². The molecule has 1 aliphatic rings. The summed E-state index contributed by atoms with van der Waals surface area (Å²) in [6.45, 7) is 8.03. The fourth-order valence-electron chi connectivity index (χ4n) is 3.30. The molecule has 1 aliphatic carbocycles. The molecule has 0 amide bonds. The van der Waals surface area contributed by atoms with Gasteiger partial charge in [-0.15, -0.1) is 11.3 Å². The highest BCUT2D eigenvalue weighted by Crippen LogP contribution is 2.48. The molecular formula is C15H24ClNS. The maximum absolute atomic E-state index is 6.35. The van der Waals surface area contributed by atoms with E-state index < -0.39 is 0 Å². The lowest BCUT2D eigenvalue weighted by Crippen LogP contribution is -2.38. The summed E-state index contributed by atoms with van der Waals surface area (Å²) >= 11 is 8.15. The third-order valence-electron chi connectivity index (χ3n) is 4.34. The van der Waals surface area contributed by atoms with Gasteiger partial charge in [0.15, 0.2) is 0 Å². The van der Waals surface area contributed by atoms with Crippen LogP contribution in [0, 0.1) is 11.3 Å². The second-order valence-electron chi connectivity index (χ2n) is 6.01. The molecule has 1 aromatic heterocycles. The average Bonchev–Trinajstić information content (AvgIpc) is 2.72. The van der Waals surface area contributed by atoms with Gasteiger partial charge in [0.05, 0.1) is 5.02 Å². The Labute approximate surface area is 120 Å². The zero-order chi connectivity index (χ0) is 13.2. The van der Waals surface area contributed by atoms with Crippen LogP contribution < -0.4 is 5.32 Å². The van der Waals surface area contributed by atoms with Gasteiger partial charge < -0.3 is 5.32 Å². The molecule has 2 unspecified atom stereocenters. The van der Waals surface area contributed by atoms with Crippen LogP contribution in [-0.4, -0.2) is 6.54 Å². The third-order valence-corrected chi connectivity index (χ3v) is 5.79. The molecule has 3 heteroatoms. The molecule has 2 atom stereocenters. The van der Waals surface area contributed by atoms with Crippen LogP contribution in [0.5, 0.6) is 0 Å². The Morgan fingerprint density at radius 2 is 2.28 bits per heavy atom. The summed E-state index contributed by atoms with van der Waals surface area (Å²) in [5.41, 5.74) is 0.415. The fraction of sp³-hybridized carbons (Fsp3) is 0.733. The van der Waals surface area contributed by atoms with Crippen molar-refractivity contribution in [3.63, 3.8) is 0 Å². The molecule has 1 saturated carbocycles. The quantitative estimate of drug-likeness (QED) is 0.795. The van der Waals surface area contributed by atoms with Gasteiger partial charge in [-0.05, 0) is 42.2 Å². The summed E-state index contributed by atoms with van der Waals surface area (Å²) in [6.07, 6.45) is 5.39. The number of hydrogen-bond donors (Lipinski definition) is 1. The van der Waals surface area contributed by atoms with E-state index in [0.717, 1.165) is 11.6 Å². The standard InChI is InChI=1S/C15H24ClNS/c1-4-17-13(14-12(16)8-10-18-14)11-7-5-6-9-15(11,2)3/h8,10-11,13,17H,4-7,9H2,1-3H3. The van der Waals surface area contributed by atoms with E-state index in [1.807, 2.05) is 6.07 Å². The minimum Gasteiger partial charge on any atom is -0.309 e. The first-order valence-electron chi connectivity index (χ1n) is 7.02. The predicted molar refractivity (Wildman–Crippen MR) is 81.5 cm³/mol. The van der Waals surface area contributed by atoms with Crippen molar-refractivity contribution in [2.75, 3.05) is 6.54 Å². The van der Waals surface area contributed by atoms with Gasteiger partial charge in [-0.25, -0.2) is 0 Å². The molecule has 0 saturated heterocycles. The van der Waals surface area contributed by atoms with E-state index in [2.05, 4.69) is 31.5 Å². The highest BCUT2D eigenvalue weighted by molar-refractivity contribution is 7.10. The molecular weight excluding hydrogens is 262 g/mol. The molecule has 0 bridgehead atoms. The normalized spacial score (nSPS) is 25.0. The second-order valence-corrected chi connectivity index (χ2v) is 7.36. The lowest BCUT2D eigenvalue weighted by molar-refractivity contribution is 0.100. The first kappa shape index (κ1) is 14.4. The van der Waals surface area contributed by atoms with E-state index >= 15 is 0 Å². The van der Waals surface area contributed by atoms with Crippen LogP contribution >= 0.6 is 22.9 Å². The molecule has 1 N–H and O–H groups in total. The van der Waals surface area contributed by atoms with Crippen LogP contribution in [0.3, 0.4) is 0 Å². The zero-order valence-corrected chi connectivity index (χ0v) is 13.2. The van der Waals surface area contributed by atoms with Crippen molar-refractivity contribution in [3.8, 4) is 0 Å². The summed E-state index contributed by atoms with van der Waals surface area (Å²) in [5.74, 6) is 0.697. The SMILES string of the molecule is CCNC(c1sccc1Cl)C1CCCCC1(C)C. The monoisotopic (exact) mass is 285 g/mol. The largest absolute Gasteiger partial charge is 0.309 e.